The standard InChI is InChI=1S/C22H21FN6O3/c1-13-18(3-2-16(25-13)22(31)32)28-8-6-27(7-9-28)12-14-10-15(23)20-17(11-14)26-21(30)19-4-5-24-29(19)20/h2-5,10-11H,6-9,12H2,1H3,(H,26,30)(H,31,32). The fraction of sp³-hybridized carbons (Fsp3) is 0.273. The molecule has 2 N–H and O–H groups in total. The molecule has 0 unspecified atom stereocenters. The average Bonchev–Trinajstić information content (AvgIpc) is 3.24. The maximum absolute atomic E-state index is 14.9. The third-order valence-corrected chi connectivity index (χ3v) is 5.85. The number of benzene rings is 1. The van der Waals surface area contributed by atoms with Crippen molar-refractivity contribution in [2.24, 2.45) is 0 Å². The number of anilines is 1. The number of carboxylic acid groups (broad SMARTS) is 1. The van der Waals surface area contributed by atoms with Crippen LogP contribution < -0.4 is 10.5 Å². The van der Waals surface area contributed by atoms with Crippen LogP contribution in [0.5, 0.6) is 0 Å². The van der Waals surface area contributed by atoms with Crippen molar-refractivity contribution in [3.63, 3.8) is 0 Å². The third kappa shape index (κ3) is 3.48. The van der Waals surface area contributed by atoms with Crippen LogP contribution in [0.15, 0.2) is 41.3 Å². The van der Waals surface area contributed by atoms with Gasteiger partial charge in [0.05, 0.1) is 23.1 Å². The zero-order valence-electron chi connectivity index (χ0n) is 17.4. The number of halogens is 1. The number of nitrogens with zero attached hydrogens (tertiary/aromatic N) is 5. The van der Waals surface area contributed by atoms with E-state index in [0.717, 1.165) is 37.4 Å². The molecule has 32 heavy (non-hydrogen) atoms. The van der Waals surface area contributed by atoms with E-state index in [9.17, 15) is 14.0 Å². The van der Waals surface area contributed by atoms with E-state index in [1.165, 1.54) is 22.8 Å². The van der Waals surface area contributed by atoms with Gasteiger partial charge in [0.15, 0.2) is 5.82 Å². The second-order valence-electron chi connectivity index (χ2n) is 7.93. The Labute approximate surface area is 181 Å². The van der Waals surface area contributed by atoms with E-state index in [0.29, 0.717) is 23.3 Å². The number of aromatic amines is 1. The lowest BCUT2D eigenvalue weighted by Gasteiger charge is -2.36. The molecular formula is C22H21FN6O3. The molecule has 0 aliphatic carbocycles. The number of aryl methyl sites for hydroxylation is 1. The molecule has 1 aliphatic rings. The molecule has 0 atom stereocenters. The van der Waals surface area contributed by atoms with Gasteiger partial charge in [-0.2, -0.15) is 5.10 Å². The topological polar surface area (TPSA) is 107 Å². The van der Waals surface area contributed by atoms with Crippen molar-refractivity contribution in [2.75, 3.05) is 31.1 Å². The molecule has 1 fully saturated rings. The van der Waals surface area contributed by atoms with Crippen LogP contribution in [0.1, 0.15) is 21.7 Å². The van der Waals surface area contributed by atoms with Gasteiger partial charge in [-0.05, 0) is 42.8 Å². The van der Waals surface area contributed by atoms with Crippen molar-refractivity contribution in [1.82, 2.24) is 24.5 Å². The molecule has 4 aromatic rings. The third-order valence-electron chi connectivity index (χ3n) is 5.85. The lowest BCUT2D eigenvalue weighted by molar-refractivity contribution is 0.0690. The number of hydrogen-bond donors (Lipinski definition) is 2. The van der Waals surface area contributed by atoms with E-state index in [-0.39, 0.29) is 16.8 Å². The molecule has 0 amide bonds. The number of nitrogens with one attached hydrogen (secondary N) is 1. The van der Waals surface area contributed by atoms with Gasteiger partial charge in [-0.1, -0.05) is 0 Å². The minimum absolute atomic E-state index is 0.0358. The summed E-state index contributed by atoms with van der Waals surface area (Å²) >= 11 is 0. The number of pyridine rings is 1. The van der Waals surface area contributed by atoms with Crippen LogP contribution in [-0.2, 0) is 6.54 Å². The van der Waals surface area contributed by atoms with E-state index in [4.69, 9.17) is 5.11 Å². The highest BCUT2D eigenvalue weighted by atomic mass is 19.1. The van der Waals surface area contributed by atoms with Gasteiger partial charge in [0.25, 0.3) is 5.56 Å². The Morgan fingerprint density at radius 2 is 1.97 bits per heavy atom. The minimum atomic E-state index is -1.04. The first kappa shape index (κ1) is 20.1. The van der Waals surface area contributed by atoms with Crippen LogP contribution >= 0.6 is 0 Å². The van der Waals surface area contributed by atoms with Crippen LogP contribution in [0.25, 0.3) is 16.6 Å². The minimum Gasteiger partial charge on any atom is -0.477 e. The molecule has 3 aromatic heterocycles. The van der Waals surface area contributed by atoms with Crippen molar-refractivity contribution >= 4 is 28.2 Å². The fourth-order valence-corrected chi connectivity index (χ4v) is 4.31. The Hall–Kier alpha value is -3.79. The summed E-state index contributed by atoms with van der Waals surface area (Å²) in [6.45, 7) is 5.37. The molecule has 0 saturated carbocycles. The highest BCUT2D eigenvalue weighted by molar-refractivity contribution is 5.85. The summed E-state index contributed by atoms with van der Waals surface area (Å²) in [5.41, 5.74) is 3.09. The molecule has 1 aliphatic heterocycles. The van der Waals surface area contributed by atoms with Crippen molar-refractivity contribution in [1.29, 1.82) is 0 Å². The number of piperazine rings is 1. The smallest absolute Gasteiger partial charge is 0.354 e. The zero-order valence-corrected chi connectivity index (χ0v) is 17.4. The Bertz CT molecular complexity index is 1400. The summed E-state index contributed by atoms with van der Waals surface area (Å²) in [5, 5.41) is 13.2. The van der Waals surface area contributed by atoms with Crippen molar-refractivity contribution in [3.05, 3.63) is 69.7 Å². The van der Waals surface area contributed by atoms with Gasteiger partial charge in [0, 0.05) is 32.7 Å². The fourth-order valence-electron chi connectivity index (χ4n) is 4.31. The van der Waals surface area contributed by atoms with E-state index in [2.05, 4.69) is 24.9 Å². The predicted molar refractivity (Wildman–Crippen MR) is 117 cm³/mol. The Morgan fingerprint density at radius 1 is 1.19 bits per heavy atom. The highest BCUT2D eigenvalue weighted by Gasteiger charge is 2.21. The number of carboxylic acids is 1. The molecule has 10 heteroatoms. The Kier molecular flexibility index (Phi) is 4.86. The van der Waals surface area contributed by atoms with E-state index < -0.39 is 11.8 Å². The number of hydrogen-bond acceptors (Lipinski definition) is 6. The SMILES string of the molecule is Cc1nc(C(=O)O)ccc1N1CCN(Cc2cc(F)c3c(c2)[nH]c(=O)c2ccnn23)CC1. The van der Waals surface area contributed by atoms with E-state index in [1.54, 1.807) is 18.2 Å². The van der Waals surface area contributed by atoms with Gasteiger partial charge >= 0.3 is 5.97 Å². The van der Waals surface area contributed by atoms with Gasteiger partial charge < -0.3 is 15.0 Å². The molecule has 1 saturated heterocycles. The predicted octanol–water partition coefficient (Wildman–Crippen LogP) is 2.04. The van der Waals surface area contributed by atoms with Gasteiger partial charge in [-0.3, -0.25) is 9.69 Å². The molecule has 164 valence electrons. The number of fused-ring (bicyclic) bond motifs is 3. The first-order valence-corrected chi connectivity index (χ1v) is 10.3. The largest absolute Gasteiger partial charge is 0.477 e. The number of H-pyrrole nitrogens is 1. The average molecular weight is 436 g/mol. The molecule has 0 radical (unpaired) electrons. The second-order valence-corrected chi connectivity index (χ2v) is 7.93. The Balaban J connectivity index is 1.32. The lowest BCUT2D eigenvalue weighted by atomic mass is 10.1. The molecule has 1 aromatic carbocycles. The summed E-state index contributed by atoms with van der Waals surface area (Å²) in [6, 6.07) is 8.16. The monoisotopic (exact) mass is 436 g/mol. The van der Waals surface area contributed by atoms with Crippen molar-refractivity contribution in [3.8, 4) is 0 Å². The van der Waals surface area contributed by atoms with E-state index >= 15 is 0 Å². The van der Waals surface area contributed by atoms with Crippen molar-refractivity contribution < 1.29 is 14.3 Å². The molecule has 0 spiro atoms. The second kappa shape index (κ2) is 7.72. The summed E-state index contributed by atoms with van der Waals surface area (Å²) in [6.07, 6.45) is 1.48. The normalized spacial score (nSPS) is 15.0. The maximum atomic E-state index is 14.9. The van der Waals surface area contributed by atoms with Gasteiger partial charge in [0.1, 0.15) is 16.7 Å². The zero-order chi connectivity index (χ0) is 22.4. The van der Waals surface area contributed by atoms with Crippen LogP contribution in [0.3, 0.4) is 0 Å². The molecular weight excluding hydrogens is 415 g/mol. The number of aromatic nitrogens is 4. The van der Waals surface area contributed by atoms with Gasteiger partial charge in [-0.15, -0.1) is 0 Å². The summed E-state index contributed by atoms with van der Waals surface area (Å²) in [4.78, 5) is 34.6. The quantitative estimate of drug-likeness (QED) is 0.504. The van der Waals surface area contributed by atoms with Crippen molar-refractivity contribution in [2.45, 2.75) is 13.5 Å². The highest BCUT2D eigenvalue weighted by Crippen LogP contribution is 2.23. The van der Waals surface area contributed by atoms with Crippen LogP contribution in [0.2, 0.25) is 0 Å². The summed E-state index contributed by atoms with van der Waals surface area (Å²) in [7, 11) is 0. The first-order valence-electron chi connectivity index (χ1n) is 10.3. The van der Waals surface area contributed by atoms with E-state index in [1.807, 2.05) is 6.92 Å². The molecule has 9 nitrogen and oxygen atoms in total. The number of carbonyl (C=O) groups is 1. The van der Waals surface area contributed by atoms with Crippen LogP contribution in [0, 0.1) is 12.7 Å². The summed E-state index contributed by atoms with van der Waals surface area (Å²) in [5.74, 6) is -1.47. The lowest BCUT2D eigenvalue weighted by Crippen LogP contribution is -2.46. The van der Waals surface area contributed by atoms with Crippen LogP contribution in [-0.4, -0.2) is 61.7 Å². The molecule has 0 bridgehead atoms. The maximum Gasteiger partial charge on any atom is 0.354 e. The Morgan fingerprint density at radius 3 is 2.69 bits per heavy atom. The first-order chi connectivity index (χ1) is 15.4. The number of aromatic carboxylic acids is 1. The molecule has 4 heterocycles. The van der Waals surface area contributed by atoms with Gasteiger partial charge in [0.2, 0.25) is 0 Å². The number of rotatable bonds is 4. The molecule has 5 rings (SSSR count). The summed E-state index contributed by atoms with van der Waals surface area (Å²) < 4.78 is 16.2. The van der Waals surface area contributed by atoms with Gasteiger partial charge in [-0.25, -0.2) is 18.7 Å². The van der Waals surface area contributed by atoms with Crippen LogP contribution in [0.4, 0.5) is 10.1 Å².